The number of aliphatic hydroxyl groups is 1. The molecule has 1 aromatic heterocycles. The monoisotopic (exact) mass is 440 g/mol. The summed E-state index contributed by atoms with van der Waals surface area (Å²) in [4.78, 5) is 19.2. The normalized spacial score (nSPS) is 16.5. The molecular formula is C25H36N4O3. The van der Waals surface area contributed by atoms with E-state index < -0.39 is 5.60 Å². The van der Waals surface area contributed by atoms with Crippen molar-refractivity contribution in [3.63, 3.8) is 0 Å². The van der Waals surface area contributed by atoms with Crippen LogP contribution in [0.1, 0.15) is 66.1 Å². The standard InChI is InChI=1S/C25H36N4O3/c1-5-26-24(28-17-25(4,31)22-15-18(2)32-19(22)3)27-16-20-9-11-21(12-10-20)23(30)29-13-7-6-8-14-29/h9-12,15,31H,5-8,13-14,16-17H2,1-4H3,(H2,26,27,28). The van der Waals surface area contributed by atoms with Gasteiger partial charge in [0.2, 0.25) is 0 Å². The van der Waals surface area contributed by atoms with Crippen molar-refractivity contribution in [1.82, 2.24) is 15.5 Å². The summed E-state index contributed by atoms with van der Waals surface area (Å²) in [5.74, 6) is 2.23. The molecule has 1 saturated heterocycles. The highest BCUT2D eigenvalue weighted by molar-refractivity contribution is 5.94. The molecule has 7 nitrogen and oxygen atoms in total. The number of carbonyl (C=O) groups excluding carboxylic acids is 1. The van der Waals surface area contributed by atoms with Crippen molar-refractivity contribution in [2.24, 2.45) is 4.99 Å². The van der Waals surface area contributed by atoms with Crippen molar-refractivity contribution in [3.8, 4) is 0 Å². The minimum Gasteiger partial charge on any atom is -0.466 e. The third-order valence-corrected chi connectivity index (χ3v) is 5.83. The number of aryl methyl sites for hydroxylation is 2. The average molecular weight is 441 g/mol. The Hall–Kier alpha value is -2.80. The lowest BCUT2D eigenvalue weighted by Gasteiger charge is -2.26. The minimum absolute atomic E-state index is 0.113. The molecule has 0 aliphatic carbocycles. The predicted molar refractivity (Wildman–Crippen MR) is 127 cm³/mol. The number of guanidine groups is 1. The lowest BCUT2D eigenvalue weighted by atomic mass is 9.96. The maximum Gasteiger partial charge on any atom is 0.253 e. The molecule has 3 rings (SSSR count). The van der Waals surface area contributed by atoms with Gasteiger partial charge < -0.3 is 25.1 Å². The third-order valence-electron chi connectivity index (χ3n) is 5.83. The molecule has 1 aliphatic rings. The second-order valence-electron chi connectivity index (χ2n) is 8.70. The average Bonchev–Trinajstić information content (AvgIpc) is 3.15. The number of furan rings is 1. The van der Waals surface area contributed by atoms with Gasteiger partial charge in [0.25, 0.3) is 5.91 Å². The molecule has 1 fully saturated rings. The van der Waals surface area contributed by atoms with Gasteiger partial charge >= 0.3 is 0 Å². The largest absolute Gasteiger partial charge is 0.466 e. The quantitative estimate of drug-likeness (QED) is 0.453. The summed E-state index contributed by atoms with van der Waals surface area (Å²) in [5.41, 5.74) is 1.43. The number of rotatable bonds is 7. The molecule has 1 aliphatic heterocycles. The van der Waals surface area contributed by atoms with Gasteiger partial charge in [-0.05, 0) is 70.7 Å². The third kappa shape index (κ3) is 6.13. The number of aliphatic imine (C=N–C) groups is 1. The zero-order valence-electron chi connectivity index (χ0n) is 19.7. The van der Waals surface area contributed by atoms with Crippen LogP contribution in [0.25, 0.3) is 0 Å². The minimum atomic E-state index is -1.09. The molecule has 2 aromatic rings. The fourth-order valence-corrected chi connectivity index (χ4v) is 4.06. The lowest BCUT2D eigenvalue weighted by molar-refractivity contribution is 0.0601. The summed E-state index contributed by atoms with van der Waals surface area (Å²) in [6, 6.07) is 9.55. The summed E-state index contributed by atoms with van der Waals surface area (Å²) in [6.07, 6.45) is 3.39. The number of hydrogen-bond acceptors (Lipinski definition) is 4. The van der Waals surface area contributed by atoms with Crippen LogP contribution in [0, 0.1) is 13.8 Å². The van der Waals surface area contributed by atoms with Gasteiger partial charge in [-0.15, -0.1) is 0 Å². The van der Waals surface area contributed by atoms with Gasteiger partial charge in [-0.3, -0.25) is 4.79 Å². The van der Waals surface area contributed by atoms with Crippen molar-refractivity contribution in [2.45, 2.75) is 59.1 Å². The number of likely N-dealkylation sites (tertiary alicyclic amines) is 1. The molecular weight excluding hydrogens is 404 g/mol. The Bertz CT molecular complexity index is 925. The van der Waals surface area contributed by atoms with E-state index in [4.69, 9.17) is 4.42 Å². The number of carbonyl (C=O) groups is 1. The summed E-state index contributed by atoms with van der Waals surface area (Å²) >= 11 is 0. The molecule has 1 unspecified atom stereocenters. The van der Waals surface area contributed by atoms with E-state index in [2.05, 4.69) is 15.6 Å². The second-order valence-corrected chi connectivity index (χ2v) is 8.70. The fourth-order valence-electron chi connectivity index (χ4n) is 4.06. The first kappa shape index (κ1) is 23.9. The van der Waals surface area contributed by atoms with E-state index in [9.17, 15) is 9.90 Å². The van der Waals surface area contributed by atoms with Gasteiger partial charge in [0, 0.05) is 30.8 Å². The van der Waals surface area contributed by atoms with Crippen molar-refractivity contribution < 1.29 is 14.3 Å². The van der Waals surface area contributed by atoms with Gasteiger partial charge in [-0.1, -0.05) is 12.1 Å². The molecule has 3 N–H and O–H groups in total. The van der Waals surface area contributed by atoms with Crippen LogP contribution >= 0.6 is 0 Å². The molecule has 0 radical (unpaired) electrons. The molecule has 7 heteroatoms. The topological polar surface area (TPSA) is 90.1 Å². The first-order chi connectivity index (χ1) is 15.3. The van der Waals surface area contributed by atoms with E-state index in [1.807, 2.05) is 56.0 Å². The number of hydrogen-bond donors (Lipinski definition) is 3. The summed E-state index contributed by atoms with van der Waals surface area (Å²) in [7, 11) is 0. The van der Waals surface area contributed by atoms with Crippen LogP contribution in [0.5, 0.6) is 0 Å². The predicted octanol–water partition coefficient (Wildman–Crippen LogP) is 3.49. The number of piperidine rings is 1. The molecule has 1 atom stereocenters. The fraction of sp³-hybridized carbons (Fsp3) is 0.520. The van der Waals surface area contributed by atoms with Gasteiger partial charge in [0.15, 0.2) is 5.96 Å². The number of amides is 1. The van der Waals surface area contributed by atoms with E-state index in [1.54, 1.807) is 6.92 Å². The van der Waals surface area contributed by atoms with E-state index in [1.165, 1.54) is 6.42 Å². The first-order valence-electron chi connectivity index (χ1n) is 11.5. The van der Waals surface area contributed by atoms with Gasteiger partial charge in [0.05, 0.1) is 13.1 Å². The Morgan fingerprint density at radius 1 is 1.16 bits per heavy atom. The highest BCUT2D eigenvalue weighted by Gasteiger charge is 2.28. The highest BCUT2D eigenvalue weighted by atomic mass is 16.3. The smallest absolute Gasteiger partial charge is 0.253 e. The summed E-state index contributed by atoms with van der Waals surface area (Å²) < 4.78 is 5.56. The Labute approximate surface area is 190 Å². The van der Waals surface area contributed by atoms with E-state index in [0.717, 1.165) is 54.1 Å². The summed E-state index contributed by atoms with van der Waals surface area (Å²) in [6.45, 7) is 10.7. The van der Waals surface area contributed by atoms with Gasteiger partial charge in [-0.2, -0.15) is 0 Å². The molecule has 0 saturated carbocycles. The number of nitrogens with one attached hydrogen (secondary N) is 2. The molecule has 0 spiro atoms. The summed E-state index contributed by atoms with van der Waals surface area (Å²) in [5, 5.41) is 17.4. The van der Waals surface area contributed by atoms with Crippen LogP contribution in [0.2, 0.25) is 0 Å². The molecule has 1 aromatic carbocycles. The van der Waals surface area contributed by atoms with E-state index >= 15 is 0 Å². The first-order valence-corrected chi connectivity index (χ1v) is 11.5. The SMILES string of the molecule is CCNC(=NCc1ccc(C(=O)N2CCCCC2)cc1)NCC(C)(O)c1cc(C)oc1C. The Kier molecular flexibility index (Phi) is 7.96. The van der Waals surface area contributed by atoms with E-state index in [0.29, 0.717) is 25.6 Å². The maximum absolute atomic E-state index is 12.6. The van der Waals surface area contributed by atoms with Gasteiger partial charge in [-0.25, -0.2) is 4.99 Å². The Morgan fingerprint density at radius 3 is 2.44 bits per heavy atom. The number of nitrogens with zero attached hydrogens (tertiary/aromatic N) is 2. The van der Waals surface area contributed by atoms with Crippen LogP contribution < -0.4 is 10.6 Å². The molecule has 1 amide bonds. The van der Waals surface area contributed by atoms with Crippen LogP contribution in [-0.2, 0) is 12.1 Å². The van der Waals surface area contributed by atoms with Crippen LogP contribution in [-0.4, -0.2) is 48.1 Å². The van der Waals surface area contributed by atoms with Crippen molar-refractivity contribution in [2.75, 3.05) is 26.2 Å². The Balaban J connectivity index is 1.60. The molecule has 0 bridgehead atoms. The zero-order valence-corrected chi connectivity index (χ0v) is 19.7. The highest BCUT2D eigenvalue weighted by Crippen LogP contribution is 2.26. The van der Waals surface area contributed by atoms with Crippen LogP contribution in [0.3, 0.4) is 0 Å². The molecule has 2 heterocycles. The van der Waals surface area contributed by atoms with Crippen LogP contribution in [0.4, 0.5) is 0 Å². The van der Waals surface area contributed by atoms with Crippen molar-refractivity contribution >= 4 is 11.9 Å². The van der Waals surface area contributed by atoms with Gasteiger partial charge in [0.1, 0.15) is 17.1 Å². The molecule has 32 heavy (non-hydrogen) atoms. The maximum atomic E-state index is 12.6. The number of benzene rings is 1. The Morgan fingerprint density at radius 2 is 1.84 bits per heavy atom. The van der Waals surface area contributed by atoms with E-state index in [-0.39, 0.29) is 5.91 Å². The van der Waals surface area contributed by atoms with Crippen molar-refractivity contribution in [1.29, 1.82) is 0 Å². The van der Waals surface area contributed by atoms with Crippen molar-refractivity contribution in [3.05, 3.63) is 58.5 Å². The zero-order chi connectivity index (χ0) is 23.1. The molecule has 174 valence electrons. The second kappa shape index (κ2) is 10.7. The van der Waals surface area contributed by atoms with Crippen LogP contribution in [0.15, 0.2) is 39.7 Å². The lowest BCUT2D eigenvalue weighted by Crippen LogP contribution is -2.44.